The lowest BCUT2D eigenvalue weighted by Crippen LogP contribution is -1.97. The first kappa shape index (κ1) is 12.1. The summed E-state index contributed by atoms with van der Waals surface area (Å²) in [5.41, 5.74) is 8.07. The van der Waals surface area contributed by atoms with E-state index in [9.17, 15) is 0 Å². The van der Waals surface area contributed by atoms with Crippen LogP contribution < -0.4 is 11.1 Å². The highest BCUT2D eigenvalue weighted by Crippen LogP contribution is 2.18. The number of hydrogen-bond donors (Lipinski definition) is 2. The molecule has 0 bridgehead atoms. The molecule has 100 valence electrons. The van der Waals surface area contributed by atoms with E-state index in [1.807, 2.05) is 25.4 Å². The maximum Gasteiger partial charge on any atom is 0.227 e. The van der Waals surface area contributed by atoms with Crippen LogP contribution in [0, 0.1) is 0 Å². The SMILES string of the molecule is Cn1cc(Nc2nccc(-c3ccc(N)nc3)n2)cn1. The minimum atomic E-state index is 0.483. The van der Waals surface area contributed by atoms with Crippen LogP contribution >= 0.6 is 0 Å². The van der Waals surface area contributed by atoms with Crippen LogP contribution in [-0.4, -0.2) is 24.7 Å². The van der Waals surface area contributed by atoms with Gasteiger partial charge in [0.15, 0.2) is 0 Å². The highest BCUT2D eigenvalue weighted by molar-refractivity contribution is 5.61. The van der Waals surface area contributed by atoms with E-state index in [0.29, 0.717) is 11.8 Å². The van der Waals surface area contributed by atoms with Gasteiger partial charge in [-0.1, -0.05) is 0 Å². The third-order valence-electron chi connectivity index (χ3n) is 2.70. The fourth-order valence-corrected chi connectivity index (χ4v) is 1.75. The third kappa shape index (κ3) is 2.56. The monoisotopic (exact) mass is 267 g/mol. The maximum absolute atomic E-state index is 5.57. The van der Waals surface area contributed by atoms with Gasteiger partial charge in [0.1, 0.15) is 5.82 Å². The fraction of sp³-hybridized carbons (Fsp3) is 0.0769. The number of nitrogens with one attached hydrogen (secondary N) is 1. The molecule has 3 heterocycles. The van der Waals surface area contributed by atoms with E-state index in [2.05, 4.69) is 25.4 Å². The number of aromatic nitrogens is 5. The molecule has 3 aromatic heterocycles. The zero-order chi connectivity index (χ0) is 13.9. The van der Waals surface area contributed by atoms with E-state index < -0.39 is 0 Å². The predicted octanol–water partition coefficient (Wildman–Crippen LogP) is 1.60. The molecule has 3 aromatic rings. The van der Waals surface area contributed by atoms with E-state index in [0.717, 1.165) is 16.9 Å². The van der Waals surface area contributed by atoms with Crippen molar-refractivity contribution in [3.05, 3.63) is 43.0 Å². The van der Waals surface area contributed by atoms with Crippen LogP contribution in [0.25, 0.3) is 11.3 Å². The van der Waals surface area contributed by atoms with Crippen molar-refractivity contribution < 1.29 is 0 Å². The molecular formula is C13H13N7. The summed E-state index contributed by atoms with van der Waals surface area (Å²) in [5, 5.41) is 7.17. The number of nitrogens with two attached hydrogens (primary N) is 1. The second-order valence-corrected chi connectivity index (χ2v) is 4.26. The van der Waals surface area contributed by atoms with Crippen LogP contribution in [-0.2, 0) is 7.05 Å². The molecule has 0 fully saturated rings. The van der Waals surface area contributed by atoms with Gasteiger partial charge in [0.25, 0.3) is 0 Å². The van der Waals surface area contributed by atoms with Crippen LogP contribution in [0.3, 0.4) is 0 Å². The van der Waals surface area contributed by atoms with E-state index in [4.69, 9.17) is 5.73 Å². The van der Waals surface area contributed by atoms with Gasteiger partial charge < -0.3 is 11.1 Å². The van der Waals surface area contributed by atoms with E-state index in [1.165, 1.54) is 0 Å². The van der Waals surface area contributed by atoms with Gasteiger partial charge in [0, 0.05) is 31.2 Å². The molecule has 7 heteroatoms. The van der Waals surface area contributed by atoms with E-state index in [1.54, 1.807) is 29.3 Å². The summed E-state index contributed by atoms with van der Waals surface area (Å²) >= 11 is 0. The summed E-state index contributed by atoms with van der Waals surface area (Å²) in [6, 6.07) is 5.44. The standard InChI is InChI=1S/C13H13N7/c1-20-8-10(7-17-20)18-13-15-5-4-11(19-13)9-2-3-12(14)16-6-9/h2-8H,1H3,(H2,14,16)(H,15,18,19). The molecule has 20 heavy (non-hydrogen) atoms. The minimum absolute atomic E-state index is 0.483. The highest BCUT2D eigenvalue weighted by Gasteiger charge is 2.04. The van der Waals surface area contributed by atoms with Gasteiger partial charge in [-0.3, -0.25) is 4.68 Å². The lowest BCUT2D eigenvalue weighted by molar-refractivity contribution is 0.768. The molecule has 0 amide bonds. The van der Waals surface area contributed by atoms with Crippen LogP contribution in [0.1, 0.15) is 0 Å². The zero-order valence-corrected chi connectivity index (χ0v) is 10.9. The number of nitrogens with zero attached hydrogens (tertiary/aromatic N) is 5. The number of anilines is 3. The quantitative estimate of drug-likeness (QED) is 0.748. The zero-order valence-electron chi connectivity index (χ0n) is 10.9. The number of rotatable bonds is 3. The Hall–Kier alpha value is -2.96. The predicted molar refractivity (Wildman–Crippen MR) is 76.2 cm³/mol. The topological polar surface area (TPSA) is 94.5 Å². The Kier molecular flexibility index (Phi) is 3.00. The third-order valence-corrected chi connectivity index (χ3v) is 2.70. The Morgan fingerprint density at radius 2 is 2.05 bits per heavy atom. The van der Waals surface area contributed by atoms with Gasteiger partial charge in [0.05, 0.1) is 17.6 Å². The molecule has 0 unspecified atom stereocenters. The Morgan fingerprint density at radius 3 is 2.75 bits per heavy atom. The first-order valence-corrected chi connectivity index (χ1v) is 6.01. The lowest BCUT2D eigenvalue weighted by atomic mass is 10.2. The lowest BCUT2D eigenvalue weighted by Gasteiger charge is -2.04. The normalized spacial score (nSPS) is 10.4. The van der Waals surface area contributed by atoms with Crippen LogP contribution in [0.15, 0.2) is 43.0 Å². The van der Waals surface area contributed by atoms with Crippen LogP contribution in [0.5, 0.6) is 0 Å². The number of pyridine rings is 1. The van der Waals surface area contributed by atoms with Crippen molar-refractivity contribution in [1.29, 1.82) is 0 Å². The van der Waals surface area contributed by atoms with Gasteiger partial charge in [-0.05, 0) is 18.2 Å². The number of nitrogen functional groups attached to an aromatic ring is 1. The molecule has 0 saturated carbocycles. The van der Waals surface area contributed by atoms with Crippen molar-refractivity contribution in [2.24, 2.45) is 7.05 Å². The van der Waals surface area contributed by atoms with Gasteiger partial charge >= 0.3 is 0 Å². The number of aryl methyl sites for hydroxylation is 1. The van der Waals surface area contributed by atoms with Gasteiger partial charge in [-0.15, -0.1) is 0 Å². The van der Waals surface area contributed by atoms with Crippen LogP contribution in [0.4, 0.5) is 17.5 Å². The summed E-state index contributed by atoms with van der Waals surface area (Å²) in [4.78, 5) is 12.7. The molecule has 0 atom stereocenters. The van der Waals surface area contributed by atoms with E-state index in [-0.39, 0.29) is 0 Å². The molecule has 7 nitrogen and oxygen atoms in total. The summed E-state index contributed by atoms with van der Waals surface area (Å²) in [6.07, 6.45) is 6.94. The van der Waals surface area contributed by atoms with Crippen molar-refractivity contribution in [1.82, 2.24) is 24.7 Å². The average molecular weight is 267 g/mol. The maximum atomic E-state index is 5.57. The molecule has 0 spiro atoms. The second-order valence-electron chi connectivity index (χ2n) is 4.26. The second kappa shape index (κ2) is 4.96. The Labute approximate surface area is 115 Å². The van der Waals surface area contributed by atoms with Crippen LogP contribution in [0.2, 0.25) is 0 Å². The van der Waals surface area contributed by atoms with Crippen molar-refractivity contribution in [3.63, 3.8) is 0 Å². The first-order chi connectivity index (χ1) is 9.70. The molecular weight excluding hydrogens is 254 g/mol. The van der Waals surface area contributed by atoms with Gasteiger partial charge in [-0.25, -0.2) is 15.0 Å². The summed E-state index contributed by atoms with van der Waals surface area (Å²) in [6.45, 7) is 0. The van der Waals surface area contributed by atoms with Crippen molar-refractivity contribution >= 4 is 17.5 Å². The molecule has 0 aliphatic heterocycles. The Bertz CT molecular complexity index is 718. The molecule has 0 aromatic carbocycles. The van der Waals surface area contributed by atoms with Crippen molar-refractivity contribution in [2.75, 3.05) is 11.1 Å². The number of hydrogen-bond acceptors (Lipinski definition) is 6. The summed E-state index contributed by atoms with van der Waals surface area (Å²) < 4.78 is 1.70. The minimum Gasteiger partial charge on any atom is -0.384 e. The summed E-state index contributed by atoms with van der Waals surface area (Å²) in [7, 11) is 1.85. The van der Waals surface area contributed by atoms with Crippen molar-refractivity contribution in [2.45, 2.75) is 0 Å². The molecule has 0 aliphatic carbocycles. The highest BCUT2D eigenvalue weighted by atomic mass is 15.3. The molecule has 3 N–H and O–H groups in total. The van der Waals surface area contributed by atoms with Gasteiger partial charge in [-0.2, -0.15) is 5.10 Å². The average Bonchev–Trinajstić information content (AvgIpc) is 2.85. The fourth-order valence-electron chi connectivity index (χ4n) is 1.75. The summed E-state index contributed by atoms with van der Waals surface area (Å²) in [5.74, 6) is 0.990. The molecule has 0 aliphatic rings. The smallest absolute Gasteiger partial charge is 0.227 e. The first-order valence-electron chi connectivity index (χ1n) is 6.01. The molecule has 3 rings (SSSR count). The van der Waals surface area contributed by atoms with Crippen molar-refractivity contribution in [3.8, 4) is 11.3 Å². The Balaban J connectivity index is 1.87. The Morgan fingerprint density at radius 1 is 1.15 bits per heavy atom. The molecule has 0 saturated heterocycles. The molecule has 0 radical (unpaired) electrons. The largest absolute Gasteiger partial charge is 0.384 e. The van der Waals surface area contributed by atoms with Gasteiger partial charge in [0.2, 0.25) is 5.95 Å². The van der Waals surface area contributed by atoms with E-state index >= 15 is 0 Å².